The summed E-state index contributed by atoms with van der Waals surface area (Å²) in [5.74, 6) is -3.44. The van der Waals surface area contributed by atoms with Crippen molar-refractivity contribution in [3.63, 3.8) is 0 Å². The van der Waals surface area contributed by atoms with Crippen molar-refractivity contribution in [2.24, 2.45) is 5.14 Å². The van der Waals surface area contributed by atoms with E-state index in [0.717, 1.165) is 12.3 Å². The fraction of sp³-hybridized carbons (Fsp3) is 0. The molecule has 0 atom stereocenters. The smallest absolute Gasteiger partial charge is 0.241 e. The van der Waals surface area contributed by atoms with Gasteiger partial charge in [0, 0.05) is 17.0 Å². The Labute approximate surface area is 123 Å². The highest BCUT2D eigenvalue weighted by Gasteiger charge is 2.18. The highest BCUT2D eigenvalue weighted by Crippen LogP contribution is 2.31. The molecule has 0 aliphatic rings. The highest BCUT2D eigenvalue weighted by atomic mass is 32.2. The zero-order chi connectivity index (χ0) is 16.1. The first-order valence-corrected chi connectivity index (χ1v) is 7.51. The average molecular weight is 327 g/mol. The number of benzene rings is 2. The summed E-state index contributed by atoms with van der Waals surface area (Å²) in [5, 5.41) is 5.25. The van der Waals surface area contributed by atoms with Crippen molar-refractivity contribution in [3.05, 3.63) is 54.0 Å². The van der Waals surface area contributed by atoms with E-state index in [4.69, 9.17) is 9.56 Å². The molecule has 1 heterocycles. The van der Waals surface area contributed by atoms with Crippen molar-refractivity contribution in [3.8, 4) is 11.1 Å². The Hall–Kier alpha value is -2.32. The maximum Gasteiger partial charge on any atom is 0.241 e. The number of fused-ring (bicyclic) bond motifs is 1. The standard InChI is InChI=1S/C14H8F3NO3S/c15-10-5-12(17)11(16)4-9(10)7-1-2-8-13(3-7)21-6-14(8)22(18,19)20/h1-6H,(H2,18,19,20). The van der Waals surface area contributed by atoms with Gasteiger partial charge in [0.15, 0.2) is 11.6 Å². The van der Waals surface area contributed by atoms with Crippen LogP contribution in [0.5, 0.6) is 0 Å². The predicted octanol–water partition coefficient (Wildman–Crippen LogP) is 3.16. The van der Waals surface area contributed by atoms with Gasteiger partial charge in [0.05, 0.1) is 0 Å². The first kappa shape index (κ1) is 14.6. The van der Waals surface area contributed by atoms with Crippen LogP contribution in [0.15, 0.2) is 45.9 Å². The summed E-state index contributed by atoms with van der Waals surface area (Å²) in [6, 6.07) is 5.19. The summed E-state index contributed by atoms with van der Waals surface area (Å²) in [4.78, 5) is -0.209. The van der Waals surface area contributed by atoms with Crippen LogP contribution >= 0.6 is 0 Å². The summed E-state index contributed by atoms with van der Waals surface area (Å²) in [6.45, 7) is 0. The second-order valence-electron chi connectivity index (χ2n) is 4.60. The van der Waals surface area contributed by atoms with Crippen molar-refractivity contribution in [1.82, 2.24) is 0 Å². The number of halogens is 3. The van der Waals surface area contributed by atoms with E-state index in [1.807, 2.05) is 0 Å². The first-order valence-electron chi connectivity index (χ1n) is 5.96. The van der Waals surface area contributed by atoms with Gasteiger partial charge in [-0.05, 0) is 23.8 Å². The number of furan rings is 1. The van der Waals surface area contributed by atoms with Gasteiger partial charge in [0.25, 0.3) is 0 Å². The summed E-state index contributed by atoms with van der Waals surface area (Å²) >= 11 is 0. The number of hydrogen-bond acceptors (Lipinski definition) is 3. The average Bonchev–Trinajstić information content (AvgIpc) is 2.85. The lowest BCUT2D eigenvalue weighted by Gasteiger charge is -2.05. The molecule has 0 saturated carbocycles. The lowest BCUT2D eigenvalue weighted by atomic mass is 10.0. The van der Waals surface area contributed by atoms with Crippen LogP contribution in [0.1, 0.15) is 0 Å². The Morgan fingerprint density at radius 1 is 0.955 bits per heavy atom. The number of primary sulfonamides is 1. The van der Waals surface area contributed by atoms with Gasteiger partial charge in [0.2, 0.25) is 10.0 Å². The van der Waals surface area contributed by atoms with E-state index < -0.39 is 27.5 Å². The molecule has 0 amide bonds. The fourth-order valence-electron chi connectivity index (χ4n) is 2.14. The van der Waals surface area contributed by atoms with Gasteiger partial charge in [0.1, 0.15) is 22.6 Å². The van der Waals surface area contributed by atoms with E-state index in [1.165, 1.54) is 18.2 Å². The summed E-state index contributed by atoms with van der Waals surface area (Å²) in [6.07, 6.45) is 0.964. The van der Waals surface area contributed by atoms with E-state index in [9.17, 15) is 21.6 Å². The van der Waals surface area contributed by atoms with Gasteiger partial charge >= 0.3 is 0 Å². The molecule has 3 rings (SSSR count). The van der Waals surface area contributed by atoms with E-state index in [1.54, 1.807) is 0 Å². The maximum atomic E-state index is 13.8. The Bertz CT molecular complexity index is 996. The Balaban J connectivity index is 2.21. The quantitative estimate of drug-likeness (QED) is 0.735. The third-order valence-corrected chi connectivity index (χ3v) is 4.10. The van der Waals surface area contributed by atoms with Gasteiger partial charge < -0.3 is 4.42 Å². The molecule has 8 heteroatoms. The normalized spacial score (nSPS) is 12.0. The van der Waals surface area contributed by atoms with Crippen LogP contribution in [0.3, 0.4) is 0 Å². The topological polar surface area (TPSA) is 73.3 Å². The third kappa shape index (κ3) is 2.36. The lowest BCUT2D eigenvalue weighted by molar-refractivity contribution is 0.496. The van der Waals surface area contributed by atoms with Crippen LogP contribution in [-0.4, -0.2) is 8.42 Å². The van der Waals surface area contributed by atoms with Crippen molar-refractivity contribution in [1.29, 1.82) is 0 Å². The zero-order valence-electron chi connectivity index (χ0n) is 10.8. The molecule has 22 heavy (non-hydrogen) atoms. The van der Waals surface area contributed by atoms with Gasteiger partial charge in [-0.15, -0.1) is 0 Å². The van der Waals surface area contributed by atoms with E-state index >= 15 is 0 Å². The molecule has 0 saturated heterocycles. The summed E-state index contributed by atoms with van der Waals surface area (Å²) in [5.41, 5.74) is 0.166. The minimum atomic E-state index is -3.96. The molecule has 0 radical (unpaired) electrons. The molecular weight excluding hydrogens is 319 g/mol. The molecule has 4 nitrogen and oxygen atoms in total. The molecule has 114 valence electrons. The minimum Gasteiger partial charge on any atom is -0.463 e. The largest absolute Gasteiger partial charge is 0.463 e. The third-order valence-electron chi connectivity index (χ3n) is 3.17. The van der Waals surface area contributed by atoms with E-state index in [0.29, 0.717) is 6.07 Å². The number of rotatable bonds is 2. The van der Waals surface area contributed by atoms with Crippen LogP contribution < -0.4 is 5.14 Å². The Morgan fingerprint density at radius 2 is 1.64 bits per heavy atom. The molecule has 2 N–H and O–H groups in total. The summed E-state index contributed by atoms with van der Waals surface area (Å²) < 4.78 is 67.8. The molecule has 2 aromatic carbocycles. The predicted molar refractivity (Wildman–Crippen MR) is 72.9 cm³/mol. The molecule has 0 aliphatic carbocycles. The Kier molecular flexibility index (Phi) is 3.22. The van der Waals surface area contributed by atoms with Crippen LogP contribution in [0, 0.1) is 17.5 Å². The van der Waals surface area contributed by atoms with Gasteiger partial charge in [-0.2, -0.15) is 0 Å². The molecule has 0 aliphatic heterocycles. The SMILES string of the molecule is NS(=O)(=O)c1coc2cc(-c3cc(F)c(F)cc3F)ccc12. The number of sulfonamides is 1. The van der Waals surface area contributed by atoms with Crippen LogP contribution in [-0.2, 0) is 10.0 Å². The van der Waals surface area contributed by atoms with Crippen molar-refractivity contribution in [2.45, 2.75) is 4.90 Å². The monoisotopic (exact) mass is 327 g/mol. The fourth-order valence-corrected chi connectivity index (χ4v) is 2.79. The molecule has 3 aromatic rings. The molecule has 0 spiro atoms. The molecule has 1 aromatic heterocycles. The van der Waals surface area contributed by atoms with Crippen LogP contribution in [0.2, 0.25) is 0 Å². The second-order valence-corrected chi connectivity index (χ2v) is 6.13. The van der Waals surface area contributed by atoms with Crippen molar-refractivity contribution >= 4 is 21.0 Å². The minimum absolute atomic E-state index is 0.130. The van der Waals surface area contributed by atoms with Crippen LogP contribution in [0.25, 0.3) is 22.1 Å². The molecule has 0 bridgehead atoms. The zero-order valence-corrected chi connectivity index (χ0v) is 11.6. The lowest BCUT2D eigenvalue weighted by Crippen LogP contribution is -2.11. The summed E-state index contributed by atoms with van der Waals surface area (Å²) in [7, 11) is -3.96. The van der Waals surface area contributed by atoms with Gasteiger partial charge in [-0.1, -0.05) is 6.07 Å². The van der Waals surface area contributed by atoms with Crippen molar-refractivity contribution < 1.29 is 26.0 Å². The maximum absolute atomic E-state index is 13.8. The highest BCUT2D eigenvalue weighted by molar-refractivity contribution is 7.89. The van der Waals surface area contributed by atoms with E-state index in [2.05, 4.69) is 0 Å². The van der Waals surface area contributed by atoms with Crippen molar-refractivity contribution in [2.75, 3.05) is 0 Å². The first-order chi connectivity index (χ1) is 10.3. The Morgan fingerprint density at radius 3 is 2.32 bits per heavy atom. The van der Waals surface area contributed by atoms with E-state index in [-0.39, 0.29) is 27.0 Å². The number of nitrogens with two attached hydrogens (primary N) is 1. The van der Waals surface area contributed by atoms with Gasteiger partial charge in [-0.25, -0.2) is 26.7 Å². The molecule has 0 unspecified atom stereocenters. The molecular formula is C14H8F3NO3S. The molecule has 0 fully saturated rings. The van der Waals surface area contributed by atoms with Crippen LogP contribution in [0.4, 0.5) is 13.2 Å². The van der Waals surface area contributed by atoms with Gasteiger partial charge in [-0.3, -0.25) is 0 Å². The second kappa shape index (κ2) is 4.85. The number of hydrogen-bond donors (Lipinski definition) is 1.